The standard InChI is InChI=1S/C28H35FN8OS/c1-17(2)37-12-4-5-22(37)26(38)30-20-8-10-21(11-9-20)39-27-32-23(31-24-13-18(3)34-35-24)14-25(33-27)36-15-28(29,16-36)19-6-7-19/h8-11,13-14,17,19,22H,4-7,12,15-16H2,1-3H3,(H,30,38)(H2,31,32,33,34,35)/t22-/m1/s1. The number of nitrogens with zero attached hydrogens (tertiary/aromatic N) is 5. The molecule has 2 aromatic heterocycles. The fourth-order valence-electron chi connectivity index (χ4n) is 5.53. The molecular formula is C28H35FN8OS. The predicted octanol–water partition coefficient (Wildman–Crippen LogP) is 5.15. The molecule has 1 aromatic carbocycles. The molecule has 9 nitrogen and oxygen atoms in total. The molecule has 206 valence electrons. The van der Waals surface area contributed by atoms with Crippen molar-refractivity contribution in [2.75, 3.05) is 35.2 Å². The summed E-state index contributed by atoms with van der Waals surface area (Å²) in [6, 6.07) is 11.8. The van der Waals surface area contributed by atoms with Crippen molar-refractivity contribution >= 4 is 40.8 Å². The van der Waals surface area contributed by atoms with Crippen molar-refractivity contribution in [3.05, 3.63) is 42.1 Å². The van der Waals surface area contributed by atoms with E-state index >= 15 is 4.39 Å². The van der Waals surface area contributed by atoms with Gasteiger partial charge >= 0.3 is 0 Å². The molecule has 1 aliphatic carbocycles. The number of rotatable bonds is 9. The molecule has 1 amide bonds. The van der Waals surface area contributed by atoms with Crippen LogP contribution in [0.2, 0.25) is 0 Å². The Morgan fingerprint density at radius 2 is 1.90 bits per heavy atom. The number of alkyl halides is 1. The van der Waals surface area contributed by atoms with Gasteiger partial charge in [0.05, 0.1) is 19.1 Å². The van der Waals surface area contributed by atoms with Gasteiger partial charge in [0.25, 0.3) is 0 Å². The largest absolute Gasteiger partial charge is 0.350 e. The van der Waals surface area contributed by atoms with Crippen LogP contribution in [0.15, 0.2) is 46.5 Å². The number of aromatic amines is 1. The van der Waals surface area contributed by atoms with Crippen LogP contribution in [0.1, 0.15) is 45.2 Å². The van der Waals surface area contributed by atoms with E-state index in [0.717, 1.165) is 48.5 Å². The maximum absolute atomic E-state index is 15.1. The molecule has 0 spiro atoms. The van der Waals surface area contributed by atoms with E-state index in [1.807, 2.05) is 48.2 Å². The molecule has 6 rings (SSSR count). The second kappa shape index (κ2) is 10.4. The average molecular weight is 551 g/mol. The number of hydrogen-bond donors (Lipinski definition) is 3. The van der Waals surface area contributed by atoms with E-state index in [4.69, 9.17) is 9.97 Å². The number of halogens is 1. The summed E-state index contributed by atoms with van der Waals surface area (Å²) in [7, 11) is 0. The van der Waals surface area contributed by atoms with Crippen molar-refractivity contribution in [1.29, 1.82) is 0 Å². The first-order valence-corrected chi connectivity index (χ1v) is 14.5. The van der Waals surface area contributed by atoms with E-state index < -0.39 is 5.67 Å². The van der Waals surface area contributed by atoms with Crippen molar-refractivity contribution < 1.29 is 9.18 Å². The van der Waals surface area contributed by atoms with Gasteiger partial charge in [0.1, 0.15) is 17.3 Å². The number of benzene rings is 1. The lowest BCUT2D eigenvalue weighted by Crippen LogP contribution is -2.60. The van der Waals surface area contributed by atoms with Crippen LogP contribution < -0.4 is 15.5 Å². The van der Waals surface area contributed by atoms with Crippen molar-refractivity contribution in [3.8, 4) is 0 Å². The number of H-pyrrole nitrogens is 1. The highest BCUT2D eigenvalue weighted by molar-refractivity contribution is 7.99. The second-order valence-corrected chi connectivity index (χ2v) is 12.3. The summed E-state index contributed by atoms with van der Waals surface area (Å²) in [5.41, 5.74) is 0.606. The van der Waals surface area contributed by atoms with Gasteiger partial charge in [-0.15, -0.1) is 0 Å². The number of carbonyl (C=O) groups excluding carboxylic acids is 1. The first kappa shape index (κ1) is 26.1. The van der Waals surface area contributed by atoms with Gasteiger partial charge in [-0.1, -0.05) is 0 Å². The van der Waals surface area contributed by atoms with Crippen LogP contribution in [0.4, 0.5) is 27.5 Å². The molecule has 2 saturated heterocycles. The first-order chi connectivity index (χ1) is 18.8. The Labute approximate surface area is 232 Å². The quantitative estimate of drug-likeness (QED) is 0.315. The number of amides is 1. The normalized spacial score (nSPS) is 20.7. The van der Waals surface area contributed by atoms with Gasteiger partial charge in [0, 0.05) is 34.5 Å². The van der Waals surface area contributed by atoms with Crippen LogP contribution >= 0.6 is 11.8 Å². The van der Waals surface area contributed by atoms with Crippen LogP contribution in [0, 0.1) is 12.8 Å². The predicted molar refractivity (Wildman–Crippen MR) is 151 cm³/mol. The van der Waals surface area contributed by atoms with Crippen molar-refractivity contribution in [1.82, 2.24) is 25.1 Å². The first-order valence-electron chi connectivity index (χ1n) is 13.7. The Balaban J connectivity index is 1.16. The third-order valence-electron chi connectivity index (χ3n) is 7.79. The summed E-state index contributed by atoms with van der Waals surface area (Å²) in [4.78, 5) is 27.5. The zero-order valence-electron chi connectivity index (χ0n) is 22.6. The zero-order chi connectivity index (χ0) is 27.1. The molecule has 39 heavy (non-hydrogen) atoms. The Hall–Kier alpha value is -3.18. The lowest BCUT2D eigenvalue weighted by Gasteiger charge is -2.45. The topological polar surface area (TPSA) is 102 Å². The molecule has 11 heteroatoms. The van der Waals surface area contributed by atoms with Crippen LogP contribution in [-0.4, -0.2) is 68.4 Å². The molecule has 4 heterocycles. The number of nitrogens with one attached hydrogen (secondary N) is 3. The summed E-state index contributed by atoms with van der Waals surface area (Å²) >= 11 is 1.43. The smallest absolute Gasteiger partial charge is 0.241 e. The minimum atomic E-state index is -1.10. The lowest BCUT2D eigenvalue weighted by atomic mass is 9.91. The Kier molecular flexibility index (Phi) is 6.96. The molecule has 1 saturated carbocycles. The maximum atomic E-state index is 15.1. The highest BCUT2D eigenvalue weighted by atomic mass is 32.2. The fraction of sp³-hybridized carbons (Fsp3) is 0.500. The van der Waals surface area contributed by atoms with Crippen LogP contribution in [-0.2, 0) is 4.79 Å². The van der Waals surface area contributed by atoms with Gasteiger partial charge in [-0.2, -0.15) is 5.10 Å². The van der Waals surface area contributed by atoms with Crippen LogP contribution in [0.5, 0.6) is 0 Å². The SMILES string of the molecule is Cc1cc(Nc2cc(N3CC(F)(C4CC4)C3)nc(Sc3ccc(NC(=O)[C@H]4CCCN4C(C)C)cc3)n2)n[nH]1. The van der Waals surface area contributed by atoms with Crippen molar-refractivity contribution in [2.45, 2.75) is 74.3 Å². The Morgan fingerprint density at radius 1 is 1.13 bits per heavy atom. The third-order valence-corrected chi connectivity index (χ3v) is 8.66. The second-order valence-electron chi connectivity index (χ2n) is 11.2. The third kappa shape index (κ3) is 5.74. The fourth-order valence-corrected chi connectivity index (χ4v) is 6.30. The number of likely N-dealkylation sites (tertiary alicyclic amines) is 1. The molecule has 3 aliphatic rings. The Morgan fingerprint density at radius 3 is 2.56 bits per heavy atom. The molecule has 1 atom stereocenters. The van der Waals surface area contributed by atoms with Crippen LogP contribution in [0.3, 0.4) is 0 Å². The molecule has 3 aromatic rings. The van der Waals surface area contributed by atoms with E-state index in [-0.39, 0.29) is 17.9 Å². The lowest BCUT2D eigenvalue weighted by molar-refractivity contribution is -0.120. The van der Waals surface area contributed by atoms with Gasteiger partial charge in [-0.05, 0) is 94.9 Å². The number of carbonyl (C=O) groups is 1. The van der Waals surface area contributed by atoms with E-state index in [9.17, 15) is 4.79 Å². The van der Waals surface area contributed by atoms with Gasteiger partial charge in [-0.3, -0.25) is 14.8 Å². The van der Waals surface area contributed by atoms with Crippen LogP contribution in [0.25, 0.3) is 0 Å². The molecule has 0 unspecified atom stereocenters. The van der Waals surface area contributed by atoms with Gasteiger partial charge in [0.15, 0.2) is 11.0 Å². The van der Waals surface area contributed by atoms with Crippen molar-refractivity contribution in [2.24, 2.45) is 5.92 Å². The number of hydrogen-bond acceptors (Lipinski definition) is 8. The maximum Gasteiger partial charge on any atom is 0.241 e. The highest BCUT2D eigenvalue weighted by Gasteiger charge is 2.54. The van der Waals surface area contributed by atoms with Gasteiger partial charge in [-0.25, -0.2) is 14.4 Å². The molecular weight excluding hydrogens is 515 g/mol. The van der Waals surface area contributed by atoms with E-state index in [1.54, 1.807) is 0 Å². The molecule has 3 N–H and O–H groups in total. The van der Waals surface area contributed by atoms with Crippen molar-refractivity contribution in [3.63, 3.8) is 0 Å². The van der Waals surface area contributed by atoms with E-state index in [1.165, 1.54) is 11.8 Å². The number of aryl methyl sites for hydroxylation is 1. The number of anilines is 4. The molecule has 2 aliphatic heterocycles. The highest BCUT2D eigenvalue weighted by Crippen LogP contribution is 2.48. The summed E-state index contributed by atoms with van der Waals surface area (Å²) in [5, 5.41) is 14.0. The minimum Gasteiger partial charge on any atom is -0.350 e. The molecule has 0 radical (unpaired) electrons. The number of aromatic nitrogens is 4. The van der Waals surface area contributed by atoms with Gasteiger partial charge < -0.3 is 15.5 Å². The average Bonchev–Trinajstić information content (AvgIpc) is 3.48. The molecule has 3 fully saturated rings. The van der Waals surface area contributed by atoms with E-state index in [2.05, 4.69) is 39.6 Å². The molecule has 0 bridgehead atoms. The summed E-state index contributed by atoms with van der Waals surface area (Å²) < 4.78 is 15.1. The Bertz CT molecular complexity index is 1340. The van der Waals surface area contributed by atoms with Gasteiger partial charge in [0.2, 0.25) is 5.91 Å². The monoisotopic (exact) mass is 550 g/mol. The minimum absolute atomic E-state index is 0.0478. The summed E-state index contributed by atoms with van der Waals surface area (Å²) in [5.74, 6) is 2.20. The summed E-state index contributed by atoms with van der Waals surface area (Å²) in [6.45, 7) is 7.89. The van der Waals surface area contributed by atoms with E-state index in [0.29, 0.717) is 41.7 Å². The summed E-state index contributed by atoms with van der Waals surface area (Å²) in [6.07, 6.45) is 3.90. The zero-order valence-corrected chi connectivity index (χ0v) is 23.4.